The minimum atomic E-state index is -3.41. The van der Waals surface area contributed by atoms with E-state index in [0.717, 1.165) is 36.9 Å². The van der Waals surface area contributed by atoms with Gasteiger partial charge in [-0.05, 0) is 62.3 Å². The van der Waals surface area contributed by atoms with Crippen LogP contribution in [0.3, 0.4) is 0 Å². The van der Waals surface area contributed by atoms with Crippen LogP contribution in [0, 0.1) is 0 Å². The van der Waals surface area contributed by atoms with Crippen molar-refractivity contribution in [2.75, 3.05) is 19.6 Å². The van der Waals surface area contributed by atoms with Crippen molar-refractivity contribution in [1.82, 2.24) is 14.5 Å². The summed E-state index contributed by atoms with van der Waals surface area (Å²) in [5.41, 5.74) is 2.55. The first kappa shape index (κ1) is 25.4. The first-order valence-electron chi connectivity index (χ1n) is 12.5. The average Bonchev–Trinajstić information content (AvgIpc) is 3.26. The maximum Gasteiger partial charge on any atom is 0.251 e. The molecule has 2 amide bonds. The Kier molecular flexibility index (Phi) is 8.23. The second-order valence-electron chi connectivity index (χ2n) is 9.60. The van der Waals surface area contributed by atoms with Crippen LogP contribution < -0.4 is 5.32 Å². The lowest BCUT2D eigenvalue weighted by Crippen LogP contribution is -2.48. The third kappa shape index (κ3) is 6.30. The molecule has 0 radical (unpaired) electrons. The van der Waals surface area contributed by atoms with E-state index in [1.807, 2.05) is 49.4 Å². The number of rotatable bonds is 9. The van der Waals surface area contributed by atoms with Crippen LogP contribution in [0.5, 0.6) is 0 Å². The maximum atomic E-state index is 13.4. The van der Waals surface area contributed by atoms with E-state index in [1.165, 1.54) is 0 Å². The molecule has 0 bridgehead atoms. The van der Waals surface area contributed by atoms with Crippen LogP contribution in [0.4, 0.5) is 0 Å². The minimum absolute atomic E-state index is 0.0516. The van der Waals surface area contributed by atoms with E-state index in [-0.39, 0.29) is 23.1 Å². The van der Waals surface area contributed by atoms with Gasteiger partial charge in [-0.3, -0.25) is 9.59 Å². The Morgan fingerprint density at radius 1 is 1.03 bits per heavy atom. The van der Waals surface area contributed by atoms with Gasteiger partial charge < -0.3 is 10.2 Å². The van der Waals surface area contributed by atoms with Gasteiger partial charge in [0, 0.05) is 44.2 Å². The van der Waals surface area contributed by atoms with Crippen molar-refractivity contribution in [2.45, 2.75) is 63.3 Å². The summed E-state index contributed by atoms with van der Waals surface area (Å²) in [6, 6.07) is 17.1. The second kappa shape index (κ2) is 11.4. The number of hydrogen-bond acceptors (Lipinski definition) is 4. The number of likely N-dealkylation sites (tertiary alicyclic amines) is 1. The lowest BCUT2D eigenvalue weighted by molar-refractivity contribution is -0.127. The molecule has 0 saturated carbocycles. The van der Waals surface area contributed by atoms with E-state index in [9.17, 15) is 18.0 Å². The molecule has 2 heterocycles. The van der Waals surface area contributed by atoms with Gasteiger partial charge in [-0.15, -0.1) is 0 Å². The Labute approximate surface area is 208 Å². The van der Waals surface area contributed by atoms with Gasteiger partial charge in [0.25, 0.3) is 5.91 Å². The van der Waals surface area contributed by atoms with Gasteiger partial charge in [0.1, 0.15) is 0 Å². The Bertz CT molecular complexity index is 1120. The van der Waals surface area contributed by atoms with E-state index in [1.54, 1.807) is 21.3 Å². The highest BCUT2D eigenvalue weighted by molar-refractivity contribution is 7.89. The normalized spacial score (nSPS) is 22.3. The predicted octanol–water partition coefficient (Wildman–Crippen LogP) is 3.35. The Morgan fingerprint density at radius 2 is 1.77 bits per heavy atom. The molecule has 2 aliphatic rings. The molecule has 2 unspecified atom stereocenters. The van der Waals surface area contributed by atoms with E-state index in [4.69, 9.17) is 0 Å². The number of sulfonamides is 1. The fourth-order valence-corrected chi connectivity index (χ4v) is 7.13. The average molecular weight is 498 g/mol. The minimum Gasteiger partial charge on any atom is -0.350 e. The lowest BCUT2D eigenvalue weighted by Gasteiger charge is -2.37. The standard InChI is InChI=1S/C27H35N3O4S/c1-21-9-15-25(16-12-22-6-3-2-4-7-22)35(33,34)30(21)20-23-10-13-24(14-11-23)27(32)28-17-19-29-18-5-8-26(29)31/h2-4,6-7,10-11,13-14,21,25H,5,8-9,12,15-20H2,1H3,(H,28,32). The molecular weight excluding hydrogens is 462 g/mol. The fraction of sp³-hybridized carbons (Fsp3) is 0.481. The molecule has 2 aliphatic heterocycles. The summed E-state index contributed by atoms with van der Waals surface area (Å²) in [4.78, 5) is 25.9. The molecule has 188 valence electrons. The number of benzene rings is 2. The molecule has 35 heavy (non-hydrogen) atoms. The summed E-state index contributed by atoms with van der Waals surface area (Å²) in [6.45, 7) is 3.98. The first-order valence-corrected chi connectivity index (χ1v) is 14.0. The van der Waals surface area contributed by atoms with E-state index in [0.29, 0.717) is 44.5 Å². The topological polar surface area (TPSA) is 86.8 Å². The van der Waals surface area contributed by atoms with Crippen molar-refractivity contribution in [3.63, 3.8) is 0 Å². The van der Waals surface area contributed by atoms with E-state index in [2.05, 4.69) is 5.32 Å². The fourth-order valence-electron chi connectivity index (χ4n) is 4.96. The van der Waals surface area contributed by atoms with Crippen LogP contribution in [-0.2, 0) is 27.8 Å². The lowest BCUT2D eigenvalue weighted by atomic mass is 10.0. The molecule has 1 N–H and O–H groups in total. The molecule has 0 aromatic heterocycles. The number of aryl methyl sites for hydroxylation is 1. The third-order valence-corrected chi connectivity index (χ3v) is 9.59. The van der Waals surface area contributed by atoms with E-state index < -0.39 is 10.0 Å². The van der Waals surface area contributed by atoms with Crippen molar-refractivity contribution in [3.05, 3.63) is 71.3 Å². The summed E-state index contributed by atoms with van der Waals surface area (Å²) in [6.07, 6.45) is 4.38. The number of nitrogens with zero attached hydrogens (tertiary/aromatic N) is 2. The quantitative estimate of drug-likeness (QED) is 0.576. The molecule has 2 aromatic carbocycles. The maximum absolute atomic E-state index is 13.4. The predicted molar refractivity (Wildman–Crippen MR) is 136 cm³/mol. The molecule has 8 heteroatoms. The van der Waals surface area contributed by atoms with Crippen LogP contribution in [-0.4, -0.2) is 60.4 Å². The molecule has 0 spiro atoms. The number of carbonyl (C=O) groups is 2. The van der Waals surface area contributed by atoms with Gasteiger partial charge in [0.2, 0.25) is 15.9 Å². The summed E-state index contributed by atoms with van der Waals surface area (Å²) in [7, 11) is -3.41. The zero-order valence-electron chi connectivity index (χ0n) is 20.4. The van der Waals surface area contributed by atoms with Crippen LogP contribution in [0.25, 0.3) is 0 Å². The summed E-state index contributed by atoms with van der Waals surface area (Å²) in [5, 5.41) is 2.49. The third-order valence-electron chi connectivity index (χ3n) is 7.14. The first-order chi connectivity index (χ1) is 16.8. The molecule has 7 nitrogen and oxygen atoms in total. The van der Waals surface area contributed by atoms with Gasteiger partial charge in [-0.25, -0.2) is 8.42 Å². The van der Waals surface area contributed by atoms with Gasteiger partial charge >= 0.3 is 0 Å². The van der Waals surface area contributed by atoms with Crippen LogP contribution in [0.1, 0.15) is 60.5 Å². The second-order valence-corrected chi connectivity index (χ2v) is 11.8. The zero-order valence-corrected chi connectivity index (χ0v) is 21.2. The van der Waals surface area contributed by atoms with Gasteiger partial charge in [0.15, 0.2) is 0 Å². The van der Waals surface area contributed by atoms with Gasteiger partial charge in [-0.2, -0.15) is 4.31 Å². The molecular formula is C27H35N3O4S. The number of amides is 2. The van der Waals surface area contributed by atoms with Crippen molar-refractivity contribution in [3.8, 4) is 0 Å². The number of nitrogens with one attached hydrogen (secondary N) is 1. The smallest absolute Gasteiger partial charge is 0.251 e. The zero-order chi connectivity index (χ0) is 24.8. The monoisotopic (exact) mass is 497 g/mol. The Hall–Kier alpha value is -2.71. The molecule has 0 aliphatic carbocycles. The molecule has 2 atom stereocenters. The van der Waals surface area contributed by atoms with E-state index >= 15 is 0 Å². The highest BCUT2D eigenvalue weighted by Crippen LogP contribution is 2.30. The molecule has 2 aromatic rings. The van der Waals surface area contributed by atoms with Crippen LogP contribution in [0.2, 0.25) is 0 Å². The van der Waals surface area contributed by atoms with Crippen LogP contribution in [0.15, 0.2) is 54.6 Å². The summed E-state index contributed by atoms with van der Waals surface area (Å²) < 4.78 is 28.5. The number of carbonyl (C=O) groups excluding carboxylic acids is 2. The largest absolute Gasteiger partial charge is 0.350 e. The number of hydrogen-bond donors (Lipinski definition) is 1. The SMILES string of the molecule is CC1CCC(CCc2ccccc2)S(=O)(=O)N1Cc1ccc(C(=O)NCCN2CCCC2=O)cc1. The Balaban J connectivity index is 1.33. The highest BCUT2D eigenvalue weighted by atomic mass is 32.2. The Morgan fingerprint density at radius 3 is 2.46 bits per heavy atom. The summed E-state index contributed by atoms with van der Waals surface area (Å²) >= 11 is 0. The van der Waals surface area contributed by atoms with Crippen molar-refractivity contribution < 1.29 is 18.0 Å². The van der Waals surface area contributed by atoms with Gasteiger partial charge in [-0.1, -0.05) is 42.5 Å². The van der Waals surface area contributed by atoms with Crippen molar-refractivity contribution >= 4 is 21.8 Å². The van der Waals surface area contributed by atoms with Crippen molar-refractivity contribution in [1.29, 1.82) is 0 Å². The van der Waals surface area contributed by atoms with Gasteiger partial charge in [0.05, 0.1) is 5.25 Å². The van der Waals surface area contributed by atoms with Crippen LogP contribution >= 0.6 is 0 Å². The molecule has 4 rings (SSSR count). The van der Waals surface area contributed by atoms with Crippen molar-refractivity contribution in [2.24, 2.45) is 0 Å². The summed E-state index contributed by atoms with van der Waals surface area (Å²) in [5.74, 6) is -0.0454. The molecule has 2 saturated heterocycles. The highest BCUT2D eigenvalue weighted by Gasteiger charge is 2.39. The molecule has 2 fully saturated rings.